The highest BCUT2D eigenvalue weighted by molar-refractivity contribution is 5.65. The molecule has 70 valence electrons. The smallest absolute Gasteiger partial charge is 0.407 e. The van der Waals surface area contributed by atoms with Crippen LogP contribution in [0, 0.1) is 5.92 Å². The maximum absolute atomic E-state index is 10.6. The molecule has 4 nitrogen and oxygen atoms in total. The second-order valence-corrected chi connectivity index (χ2v) is 3.39. The van der Waals surface area contributed by atoms with Crippen molar-refractivity contribution in [3.63, 3.8) is 0 Å². The van der Waals surface area contributed by atoms with Crippen molar-refractivity contribution in [3.8, 4) is 0 Å². The van der Waals surface area contributed by atoms with Crippen LogP contribution in [0.15, 0.2) is 0 Å². The third kappa shape index (κ3) is 1.88. The zero-order valence-corrected chi connectivity index (χ0v) is 7.58. The van der Waals surface area contributed by atoms with E-state index >= 15 is 0 Å². The number of nitrogens with one attached hydrogen (secondary N) is 1. The lowest BCUT2D eigenvalue weighted by Gasteiger charge is -2.35. The molecule has 2 atom stereocenters. The van der Waals surface area contributed by atoms with Crippen LogP contribution < -0.4 is 5.32 Å². The first-order valence-electron chi connectivity index (χ1n) is 4.30. The van der Waals surface area contributed by atoms with Crippen LogP contribution in [-0.2, 0) is 0 Å². The number of carbonyl (C=O) groups is 1. The lowest BCUT2D eigenvalue weighted by atomic mass is 9.94. The van der Waals surface area contributed by atoms with Gasteiger partial charge in [0.05, 0.1) is 0 Å². The van der Waals surface area contributed by atoms with E-state index in [1.165, 1.54) is 4.90 Å². The number of likely N-dealkylation sites (N-methyl/N-ethyl adjacent to an activating group) is 1. The van der Waals surface area contributed by atoms with Crippen molar-refractivity contribution in [2.75, 3.05) is 20.1 Å². The third-order valence-electron chi connectivity index (χ3n) is 2.60. The van der Waals surface area contributed by atoms with Gasteiger partial charge in [-0.05, 0) is 19.4 Å². The van der Waals surface area contributed by atoms with E-state index in [-0.39, 0.29) is 0 Å². The van der Waals surface area contributed by atoms with Gasteiger partial charge in [0.1, 0.15) is 0 Å². The highest BCUT2D eigenvalue weighted by atomic mass is 16.4. The van der Waals surface area contributed by atoms with E-state index in [9.17, 15) is 4.79 Å². The van der Waals surface area contributed by atoms with Gasteiger partial charge in [0.15, 0.2) is 0 Å². The second kappa shape index (κ2) is 3.76. The van der Waals surface area contributed by atoms with Crippen molar-refractivity contribution < 1.29 is 9.90 Å². The minimum Gasteiger partial charge on any atom is -0.465 e. The summed E-state index contributed by atoms with van der Waals surface area (Å²) >= 11 is 0. The van der Waals surface area contributed by atoms with E-state index in [1.807, 2.05) is 7.05 Å². The van der Waals surface area contributed by atoms with Gasteiger partial charge in [-0.1, -0.05) is 6.92 Å². The van der Waals surface area contributed by atoms with Crippen LogP contribution in [0.2, 0.25) is 0 Å². The van der Waals surface area contributed by atoms with Gasteiger partial charge in [0.2, 0.25) is 0 Å². The van der Waals surface area contributed by atoms with Crippen LogP contribution in [0.3, 0.4) is 0 Å². The first kappa shape index (κ1) is 9.32. The molecule has 0 spiro atoms. The Morgan fingerprint density at radius 1 is 1.67 bits per heavy atom. The minimum atomic E-state index is -0.804. The highest BCUT2D eigenvalue weighted by Crippen LogP contribution is 2.16. The molecule has 1 heterocycles. The van der Waals surface area contributed by atoms with Gasteiger partial charge in [-0.2, -0.15) is 0 Å². The number of amides is 1. The number of carboxylic acid groups (broad SMARTS) is 1. The quantitative estimate of drug-likeness (QED) is 0.608. The number of nitrogens with zero attached hydrogens (tertiary/aromatic N) is 1. The molecule has 1 rings (SSSR count). The zero-order chi connectivity index (χ0) is 9.14. The molecule has 0 bridgehead atoms. The molecule has 0 aromatic carbocycles. The summed E-state index contributed by atoms with van der Waals surface area (Å²) in [5, 5.41) is 11.9. The molecule has 0 aromatic rings. The number of hydrogen-bond donors (Lipinski definition) is 2. The second-order valence-electron chi connectivity index (χ2n) is 3.39. The fourth-order valence-corrected chi connectivity index (χ4v) is 1.62. The van der Waals surface area contributed by atoms with E-state index in [1.54, 1.807) is 0 Å². The van der Waals surface area contributed by atoms with E-state index in [2.05, 4.69) is 12.2 Å². The van der Waals surface area contributed by atoms with Crippen molar-refractivity contribution in [2.45, 2.75) is 19.4 Å². The van der Waals surface area contributed by atoms with Gasteiger partial charge in [-0.25, -0.2) is 4.79 Å². The fraction of sp³-hybridized carbons (Fsp3) is 0.875. The normalized spacial score (nSPS) is 30.3. The zero-order valence-electron chi connectivity index (χ0n) is 7.58. The molecule has 1 fully saturated rings. The Hall–Kier alpha value is -0.770. The van der Waals surface area contributed by atoms with Crippen LogP contribution in [0.5, 0.6) is 0 Å². The van der Waals surface area contributed by atoms with E-state index in [0.29, 0.717) is 25.0 Å². The van der Waals surface area contributed by atoms with Crippen molar-refractivity contribution in [1.82, 2.24) is 10.2 Å². The van der Waals surface area contributed by atoms with E-state index in [0.717, 1.165) is 6.42 Å². The molecule has 2 unspecified atom stereocenters. The van der Waals surface area contributed by atoms with Gasteiger partial charge in [-0.15, -0.1) is 0 Å². The highest BCUT2D eigenvalue weighted by Gasteiger charge is 2.27. The molecule has 1 aliphatic heterocycles. The average Bonchev–Trinajstić information content (AvgIpc) is 2.05. The van der Waals surface area contributed by atoms with Crippen molar-refractivity contribution >= 4 is 6.09 Å². The first-order chi connectivity index (χ1) is 5.65. The molecule has 1 amide bonds. The summed E-state index contributed by atoms with van der Waals surface area (Å²) in [6.07, 6.45) is 0.153. The molecule has 1 saturated heterocycles. The van der Waals surface area contributed by atoms with Crippen LogP contribution >= 0.6 is 0 Å². The van der Waals surface area contributed by atoms with Gasteiger partial charge < -0.3 is 15.3 Å². The Bertz CT molecular complexity index is 172. The molecule has 4 heteroatoms. The lowest BCUT2D eigenvalue weighted by Crippen LogP contribution is -2.50. The molecule has 2 N–H and O–H groups in total. The summed E-state index contributed by atoms with van der Waals surface area (Å²) in [5.74, 6) is 0.575. The Kier molecular flexibility index (Phi) is 2.92. The minimum absolute atomic E-state index is 0.315. The Morgan fingerprint density at radius 2 is 2.33 bits per heavy atom. The van der Waals surface area contributed by atoms with Gasteiger partial charge in [0, 0.05) is 19.1 Å². The molecular weight excluding hydrogens is 156 g/mol. The van der Waals surface area contributed by atoms with Crippen LogP contribution in [-0.4, -0.2) is 42.3 Å². The maximum Gasteiger partial charge on any atom is 0.407 e. The summed E-state index contributed by atoms with van der Waals surface area (Å²) in [6.45, 7) is 3.45. The van der Waals surface area contributed by atoms with Crippen LogP contribution in [0.1, 0.15) is 13.3 Å². The molecule has 0 saturated carbocycles. The van der Waals surface area contributed by atoms with Crippen LogP contribution in [0.25, 0.3) is 0 Å². The van der Waals surface area contributed by atoms with Crippen LogP contribution in [0.4, 0.5) is 4.79 Å². The number of piperidine rings is 1. The monoisotopic (exact) mass is 172 g/mol. The van der Waals surface area contributed by atoms with Gasteiger partial charge in [-0.3, -0.25) is 0 Å². The molecule has 0 aliphatic carbocycles. The summed E-state index contributed by atoms with van der Waals surface area (Å²) < 4.78 is 0. The largest absolute Gasteiger partial charge is 0.465 e. The standard InChI is InChI=1S/C8H16N2O2/c1-6-3-4-10(8(11)12)5-7(6)9-2/h6-7,9H,3-5H2,1-2H3,(H,11,12). The van der Waals surface area contributed by atoms with Gasteiger partial charge >= 0.3 is 6.09 Å². The fourth-order valence-electron chi connectivity index (χ4n) is 1.62. The summed E-state index contributed by atoms with van der Waals surface area (Å²) in [6, 6.07) is 0.315. The SMILES string of the molecule is CNC1CN(C(=O)O)CCC1C. The predicted molar refractivity (Wildman–Crippen MR) is 46.2 cm³/mol. The van der Waals surface area contributed by atoms with E-state index in [4.69, 9.17) is 5.11 Å². The van der Waals surface area contributed by atoms with Crippen molar-refractivity contribution in [3.05, 3.63) is 0 Å². The predicted octanol–water partition coefficient (Wildman–Crippen LogP) is 0.594. The Morgan fingerprint density at radius 3 is 2.83 bits per heavy atom. The molecule has 0 aromatic heterocycles. The Balaban J connectivity index is 2.49. The number of hydrogen-bond acceptors (Lipinski definition) is 2. The van der Waals surface area contributed by atoms with Gasteiger partial charge in [0.25, 0.3) is 0 Å². The number of likely N-dealkylation sites (tertiary alicyclic amines) is 1. The summed E-state index contributed by atoms with van der Waals surface area (Å²) in [5.41, 5.74) is 0. The molecule has 12 heavy (non-hydrogen) atoms. The molecule has 1 aliphatic rings. The number of rotatable bonds is 1. The lowest BCUT2D eigenvalue weighted by molar-refractivity contribution is 0.113. The topological polar surface area (TPSA) is 52.6 Å². The Labute approximate surface area is 72.6 Å². The average molecular weight is 172 g/mol. The molecule has 0 radical (unpaired) electrons. The molecular formula is C8H16N2O2. The first-order valence-corrected chi connectivity index (χ1v) is 4.30. The maximum atomic E-state index is 10.6. The van der Waals surface area contributed by atoms with Crippen molar-refractivity contribution in [2.24, 2.45) is 5.92 Å². The summed E-state index contributed by atoms with van der Waals surface area (Å²) in [4.78, 5) is 12.1. The third-order valence-corrected chi connectivity index (χ3v) is 2.60. The van der Waals surface area contributed by atoms with E-state index < -0.39 is 6.09 Å². The summed E-state index contributed by atoms with van der Waals surface area (Å²) in [7, 11) is 1.88. The van der Waals surface area contributed by atoms with Crippen molar-refractivity contribution in [1.29, 1.82) is 0 Å².